The molecule has 29 heavy (non-hydrogen) atoms. The van der Waals surface area contributed by atoms with E-state index >= 15 is 0 Å². The zero-order chi connectivity index (χ0) is 22.7. The van der Waals surface area contributed by atoms with Crippen LogP contribution < -0.4 is 21.7 Å². The number of hydrogen-bond donors (Lipinski definition) is 5. The van der Waals surface area contributed by atoms with Crippen LogP contribution in [0.15, 0.2) is 0 Å². The lowest BCUT2D eigenvalue weighted by Crippen LogP contribution is -2.58. The summed E-state index contributed by atoms with van der Waals surface area (Å²) in [6, 6.07) is -3.57. The van der Waals surface area contributed by atoms with Gasteiger partial charge in [0.05, 0.1) is 6.04 Å². The highest BCUT2D eigenvalue weighted by Crippen LogP contribution is 2.09. The molecule has 4 atom stereocenters. The molecule has 0 aromatic rings. The number of carboxylic acid groups (broad SMARTS) is 1. The molecule has 0 radical (unpaired) electrons. The maximum absolute atomic E-state index is 12.8. The van der Waals surface area contributed by atoms with E-state index in [0.29, 0.717) is 12.8 Å². The summed E-state index contributed by atoms with van der Waals surface area (Å²) < 4.78 is 0. The summed E-state index contributed by atoms with van der Waals surface area (Å²) in [4.78, 5) is 48.6. The molecular formula is C19H36N4O5S. The van der Waals surface area contributed by atoms with Gasteiger partial charge in [-0.05, 0) is 43.6 Å². The number of nitrogens with one attached hydrogen (secondary N) is 3. The first-order valence-electron chi connectivity index (χ1n) is 9.79. The Morgan fingerprint density at radius 2 is 1.52 bits per heavy atom. The van der Waals surface area contributed by atoms with Gasteiger partial charge in [-0.1, -0.05) is 27.7 Å². The van der Waals surface area contributed by atoms with Crippen LogP contribution in [0.1, 0.15) is 47.5 Å². The molecule has 0 spiro atoms. The van der Waals surface area contributed by atoms with Gasteiger partial charge < -0.3 is 26.8 Å². The molecule has 0 saturated carbocycles. The molecule has 0 aromatic carbocycles. The van der Waals surface area contributed by atoms with Crippen LogP contribution >= 0.6 is 11.8 Å². The molecule has 0 bridgehead atoms. The van der Waals surface area contributed by atoms with E-state index in [1.807, 2.05) is 20.1 Å². The largest absolute Gasteiger partial charge is 0.480 e. The number of aliphatic carboxylic acids is 1. The van der Waals surface area contributed by atoms with Crippen LogP contribution in [0.5, 0.6) is 0 Å². The number of nitrogens with two attached hydrogens (primary N) is 1. The van der Waals surface area contributed by atoms with Gasteiger partial charge in [0.2, 0.25) is 17.7 Å². The number of thioether (sulfide) groups is 1. The quantitative estimate of drug-likeness (QED) is 0.281. The van der Waals surface area contributed by atoms with Crippen molar-refractivity contribution in [3.05, 3.63) is 0 Å². The lowest BCUT2D eigenvalue weighted by molar-refractivity contribution is -0.142. The van der Waals surface area contributed by atoms with E-state index in [2.05, 4.69) is 16.0 Å². The van der Waals surface area contributed by atoms with E-state index < -0.39 is 47.9 Å². The molecule has 0 aliphatic carbocycles. The number of carbonyl (C=O) groups is 4. The highest BCUT2D eigenvalue weighted by atomic mass is 32.2. The van der Waals surface area contributed by atoms with Crippen LogP contribution in [0, 0.1) is 11.8 Å². The Morgan fingerprint density at radius 3 is 1.97 bits per heavy atom. The van der Waals surface area contributed by atoms with Gasteiger partial charge in [0, 0.05) is 0 Å². The molecule has 168 valence electrons. The Kier molecular flexibility index (Phi) is 12.6. The zero-order valence-corrected chi connectivity index (χ0v) is 19.0. The number of carbonyl (C=O) groups excluding carboxylic acids is 3. The average Bonchev–Trinajstić information content (AvgIpc) is 2.62. The predicted octanol–water partition coefficient (Wildman–Crippen LogP) is 0.328. The van der Waals surface area contributed by atoms with E-state index in [9.17, 15) is 19.2 Å². The fraction of sp³-hybridized carbons (Fsp3) is 0.789. The smallest absolute Gasteiger partial charge is 0.325 e. The van der Waals surface area contributed by atoms with Crippen LogP contribution in [0.3, 0.4) is 0 Å². The van der Waals surface area contributed by atoms with Crippen molar-refractivity contribution in [2.75, 3.05) is 12.0 Å². The number of hydrogen-bond acceptors (Lipinski definition) is 6. The molecule has 0 aliphatic rings. The van der Waals surface area contributed by atoms with Crippen molar-refractivity contribution >= 4 is 35.5 Å². The Morgan fingerprint density at radius 1 is 0.931 bits per heavy atom. The zero-order valence-electron chi connectivity index (χ0n) is 18.2. The normalized spacial score (nSPS) is 15.3. The minimum atomic E-state index is -1.17. The number of rotatable bonds is 13. The van der Waals surface area contributed by atoms with Crippen LogP contribution in [0.2, 0.25) is 0 Å². The Bertz CT molecular complexity index is 571. The fourth-order valence-corrected chi connectivity index (χ4v) is 3.00. The molecule has 0 aromatic heterocycles. The van der Waals surface area contributed by atoms with Gasteiger partial charge in [-0.15, -0.1) is 0 Å². The van der Waals surface area contributed by atoms with E-state index in [-0.39, 0.29) is 11.8 Å². The molecule has 0 rings (SSSR count). The molecule has 4 unspecified atom stereocenters. The molecule has 0 heterocycles. The summed E-state index contributed by atoms with van der Waals surface area (Å²) in [6.45, 7) is 8.69. The summed E-state index contributed by atoms with van der Waals surface area (Å²) in [6.07, 6.45) is 2.74. The highest BCUT2D eigenvalue weighted by Gasteiger charge is 2.31. The highest BCUT2D eigenvalue weighted by molar-refractivity contribution is 7.98. The van der Waals surface area contributed by atoms with Crippen molar-refractivity contribution in [2.24, 2.45) is 17.6 Å². The van der Waals surface area contributed by atoms with Crippen molar-refractivity contribution in [1.29, 1.82) is 0 Å². The third-order valence-corrected chi connectivity index (χ3v) is 4.93. The molecule has 3 amide bonds. The number of carboxylic acids is 1. The average molecular weight is 433 g/mol. The summed E-state index contributed by atoms with van der Waals surface area (Å²) in [5, 5.41) is 16.7. The molecule has 0 fully saturated rings. The van der Waals surface area contributed by atoms with E-state index in [1.54, 1.807) is 25.6 Å². The summed E-state index contributed by atoms with van der Waals surface area (Å²) in [5.41, 5.74) is 5.87. The van der Waals surface area contributed by atoms with Crippen molar-refractivity contribution in [3.63, 3.8) is 0 Å². The van der Waals surface area contributed by atoms with E-state index in [4.69, 9.17) is 10.8 Å². The Balaban J connectivity index is 5.21. The lowest BCUT2D eigenvalue weighted by atomic mass is 9.99. The summed E-state index contributed by atoms with van der Waals surface area (Å²) in [5.74, 6) is -2.09. The van der Waals surface area contributed by atoms with Gasteiger partial charge in [-0.2, -0.15) is 11.8 Å². The second-order valence-electron chi connectivity index (χ2n) is 7.88. The van der Waals surface area contributed by atoms with Crippen molar-refractivity contribution in [3.8, 4) is 0 Å². The molecular weight excluding hydrogens is 396 g/mol. The van der Waals surface area contributed by atoms with Gasteiger partial charge in [0.1, 0.15) is 18.1 Å². The Labute approximate surface area is 177 Å². The van der Waals surface area contributed by atoms with Crippen molar-refractivity contribution in [2.45, 2.75) is 71.6 Å². The summed E-state index contributed by atoms with van der Waals surface area (Å²) in [7, 11) is 0. The molecule has 0 saturated heterocycles. The SMILES string of the molecule is CSCCC(N)C(=O)NC(C(=O)NC(CC(C)C)C(=O)NC(C)C(=O)O)C(C)C. The van der Waals surface area contributed by atoms with Crippen LogP contribution in [-0.2, 0) is 19.2 Å². The van der Waals surface area contributed by atoms with Gasteiger partial charge >= 0.3 is 5.97 Å². The second kappa shape index (κ2) is 13.4. The standard InChI is InChI=1S/C19H36N4O5S/c1-10(2)9-14(17(25)21-12(5)19(27)28)22-18(26)15(11(3)4)23-16(24)13(20)7-8-29-6/h10-15H,7-9,20H2,1-6H3,(H,21,25)(H,22,26)(H,23,24)(H,27,28). The van der Waals surface area contributed by atoms with Crippen LogP contribution in [0.25, 0.3) is 0 Å². The molecule has 0 aliphatic heterocycles. The van der Waals surface area contributed by atoms with Gasteiger partial charge in [-0.3, -0.25) is 19.2 Å². The molecule has 9 nitrogen and oxygen atoms in total. The van der Waals surface area contributed by atoms with Crippen LogP contribution in [0.4, 0.5) is 0 Å². The third-order valence-electron chi connectivity index (χ3n) is 4.29. The minimum Gasteiger partial charge on any atom is -0.480 e. The van der Waals surface area contributed by atoms with Crippen molar-refractivity contribution < 1.29 is 24.3 Å². The first-order valence-corrected chi connectivity index (χ1v) is 11.2. The minimum absolute atomic E-state index is 0.0817. The summed E-state index contributed by atoms with van der Waals surface area (Å²) >= 11 is 1.58. The van der Waals surface area contributed by atoms with Gasteiger partial charge in [0.25, 0.3) is 0 Å². The third kappa shape index (κ3) is 10.5. The topological polar surface area (TPSA) is 151 Å². The molecule has 6 N–H and O–H groups in total. The first kappa shape index (κ1) is 27.2. The lowest BCUT2D eigenvalue weighted by Gasteiger charge is -2.27. The van der Waals surface area contributed by atoms with Gasteiger partial charge in [0.15, 0.2) is 0 Å². The van der Waals surface area contributed by atoms with E-state index in [1.165, 1.54) is 6.92 Å². The fourth-order valence-electron chi connectivity index (χ4n) is 2.51. The maximum Gasteiger partial charge on any atom is 0.325 e. The maximum atomic E-state index is 12.8. The Hall–Kier alpha value is -1.81. The molecule has 10 heteroatoms. The van der Waals surface area contributed by atoms with Crippen molar-refractivity contribution in [1.82, 2.24) is 16.0 Å². The van der Waals surface area contributed by atoms with Gasteiger partial charge in [-0.25, -0.2) is 0 Å². The second-order valence-corrected chi connectivity index (χ2v) is 8.86. The first-order chi connectivity index (χ1) is 13.4. The number of amides is 3. The van der Waals surface area contributed by atoms with Crippen LogP contribution in [-0.4, -0.2) is 65.0 Å². The monoisotopic (exact) mass is 432 g/mol. The predicted molar refractivity (Wildman–Crippen MR) is 114 cm³/mol. The van der Waals surface area contributed by atoms with E-state index in [0.717, 1.165) is 5.75 Å².